The lowest BCUT2D eigenvalue weighted by molar-refractivity contribution is -0.130. The van der Waals surface area contributed by atoms with E-state index in [0.29, 0.717) is 16.9 Å². The predicted molar refractivity (Wildman–Crippen MR) is 118 cm³/mol. The topological polar surface area (TPSA) is 156 Å². The van der Waals surface area contributed by atoms with Gasteiger partial charge in [-0.3, -0.25) is 19.3 Å². The number of Topliss-reactive ketones (excluding diaryl/α,β-unsaturated/α-hetero) is 1. The van der Waals surface area contributed by atoms with Crippen LogP contribution in [-0.2, 0) is 26.8 Å². The lowest BCUT2D eigenvalue weighted by atomic mass is 9.90. The van der Waals surface area contributed by atoms with Gasteiger partial charge in [-0.1, -0.05) is 12.1 Å². The number of carbonyl (C=O) groups is 4. The summed E-state index contributed by atoms with van der Waals surface area (Å²) < 4.78 is 24.6. The molecule has 1 aliphatic rings. The number of sulfonamides is 1. The van der Waals surface area contributed by atoms with Gasteiger partial charge in [0.25, 0.3) is 5.91 Å². The Labute approximate surface area is 188 Å². The van der Waals surface area contributed by atoms with Crippen LogP contribution >= 0.6 is 11.3 Å². The number of nitrogens with zero attached hydrogens (tertiary/aromatic N) is 1. The summed E-state index contributed by atoms with van der Waals surface area (Å²) in [4.78, 5) is 51.7. The number of urea groups is 1. The van der Waals surface area contributed by atoms with Crippen LogP contribution in [-0.4, -0.2) is 56.3 Å². The van der Waals surface area contributed by atoms with E-state index in [-0.39, 0.29) is 12.1 Å². The zero-order chi connectivity index (χ0) is 23.7. The Hall–Kier alpha value is -3.09. The van der Waals surface area contributed by atoms with E-state index in [1.807, 2.05) is 0 Å². The Bertz CT molecular complexity index is 1210. The Morgan fingerprint density at radius 3 is 2.59 bits per heavy atom. The van der Waals surface area contributed by atoms with E-state index in [4.69, 9.17) is 5.73 Å². The molecule has 1 atom stereocenters. The number of imide groups is 1. The second-order valence-corrected chi connectivity index (χ2v) is 10.5. The van der Waals surface area contributed by atoms with E-state index in [2.05, 4.69) is 10.0 Å². The first-order chi connectivity index (χ1) is 14.9. The number of hydrogen-bond acceptors (Lipinski definition) is 7. The van der Waals surface area contributed by atoms with Crippen molar-refractivity contribution in [3.05, 3.63) is 57.3 Å². The zero-order valence-electron chi connectivity index (χ0n) is 17.4. The lowest BCUT2D eigenvalue weighted by Gasteiger charge is -2.22. The SMILES string of the molecule is CC1(c2cccc(C(N)=O)c2)NC(=O)N(CC(=O)c2ccc(CCNS(C)(=O)=O)s2)C1=O. The lowest BCUT2D eigenvalue weighted by Crippen LogP contribution is -2.41. The highest BCUT2D eigenvalue weighted by Gasteiger charge is 2.49. The standard InChI is InChI=1S/C20H22N4O6S2/c1-20(13-5-3-4-12(10-13)17(21)26)18(27)24(19(28)23-20)11-15(25)16-7-6-14(31-16)8-9-22-32(2,29)30/h3-7,10,22H,8-9,11H2,1-2H3,(H2,21,26)(H,23,28). The summed E-state index contributed by atoms with van der Waals surface area (Å²) >= 11 is 1.17. The number of nitrogens with two attached hydrogens (primary N) is 1. The molecule has 0 radical (unpaired) electrons. The molecule has 1 saturated heterocycles. The fourth-order valence-electron chi connectivity index (χ4n) is 3.26. The number of carbonyl (C=O) groups excluding carboxylic acids is 4. The predicted octanol–water partition coefficient (Wildman–Crippen LogP) is 0.589. The number of ketones is 1. The van der Waals surface area contributed by atoms with Crippen molar-refractivity contribution < 1.29 is 27.6 Å². The molecule has 1 fully saturated rings. The second-order valence-electron chi connectivity index (χ2n) is 7.50. The summed E-state index contributed by atoms with van der Waals surface area (Å²) in [5.74, 6) is -1.71. The van der Waals surface area contributed by atoms with Crippen LogP contribution in [0.15, 0.2) is 36.4 Å². The van der Waals surface area contributed by atoms with Gasteiger partial charge in [-0.15, -0.1) is 11.3 Å². The van der Waals surface area contributed by atoms with Crippen molar-refractivity contribution in [3.63, 3.8) is 0 Å². The molecule has 12 heteroatoms. The van der Waals surface area contributed by atoms with E-state index >= 15 is 0 Å². The zero-order valence-corrected chi connectivity index (χ0v) is 19.0. The van der Waals surface area contributed by atoms with Crippen LogP contribution in [0.5, 0.6) is 0 Å². The smallest absolute Gasteiger partial charge is 0.325 e. The van der Waals surface area contributed by atoms with Crippen LogP contribution in [0, 0.1) is 0 Å². The first-order valence-corrected chi connectivity index (χ1v) is 12.2. The summed E-state index contributed by atoms with van der Waals surface area (Å²) in [6.45, 7) is 1.25. The third-order valence-corrected chi connectivity index (χ3v) is 6.89. The fraction of sp³-hybridized carbons (Fsp3) is 0.300. The van der Waals surface area contributed by atoms with Crippen molar-refractivity contribution in [1.29, 1.82) is 0 Å². The molecule has 1 unspecified atom stereocenters. The van der Waals surface area contributed by atoms with Gasteiger partial charge in [-0.05, 0) is 43.2 Å². The largest absolute Gasteiger partial charge is 0.366 e. The number of primary amides is 1. The van der Waals surface area contributed by atoms with Gasteiger partial charge >= 0.3 is 6.03 Å². The summed E-state index contributed by atoms with van der Waals surface area (Å²) in [6, 6.07) is 8.64. The van der Waals surface area contributed by atoms with E-state index in [0.717, 1.165) is 16.0 Å². The average molecular weight is 479 g/mol. The molecule has 4 N–H and O–H groups in total. The van der Waals surface area contributed by atoms with Gasteiger partial charge in [-0.25, -0.2) is 17.9 Å². The maximum atomic E-state index is 13.0. The number of rotatable bonds is 9. The Kier molecular flexibility index (Phi) is 6.49. The van der Waals surface area contributed by atoms with Gasteiger partial charge in [0, 0.05) is 17.0 Å². The van der Waals surface area contributed by atoms with E-state index in [1.165, 1.54) is 30.4 Å². The number of amides is 4. The average Bonchev–Trinajstić information content (AvgIpc) is 3.26. The van der Waals surface area contributed by atoms with Crippen LogP contribution in [0.4, 0.5) is 4.79 Å². The maximum absolute atomic E-state index is 13.0. The summed E-state index contributed by atoms with van der Waals surface area (Å²) in [6.07, 6.45) is 1.47. The second kappa shape index (κ2) is 8.81. The Morgan fingerprint density at radius 2 is 1.94 bits per heavy atom. The van der Waals surface area contributed by atoms with Crippen molar-refractivity contribution >= 4 is 45.0 Å². The van der Waals surface area contributed by atoms with Crippen molar-refractivity contribution in [3.8, 4) is 0 Å². The molecular formula is C20H22N4O6S2. The minimum Gasteiger partial charge on any atom is -0.366 e. The molecule has 0 bridgehead atoms. The van der Waals surface area contributed by atoms with Gasteiger partial charge < -0.3 is 11.1 Å². The van der Waals surface area contributed by atoms with Crippen LogP contribution in [0.3, 0.4) is 0 Å². The molecule has 1 aromatic carbocycles. The monoisotopic (exact) mass is 478 g/mol. The normalized spacial score (nSPS) is 18.6. The summed E-state index contributed by atoms with van der Waals surface area (Å²) in [5.41, 5.74) is 4.42. The molecule has 4 amide bonds. The molecule has 0 saturated carbocycles. The van der Waals surface area contributed by atoms with Crippen molar-refractivity contribution in [2.75, 3.05) is 19.3 Å². The fourth-order valence-corrected chi connectivity index (χ4v) is 4.67. The molecule has 2 heterocycles. The number of thiophene rings is 1. The highest BCUT2D eigenvalue weighted by atomic mass is 32.2. The minimum absolute atomic E-state index is 0.191. The van der Waals surface area contributed by atoms with Crippen molar-refractivity contribution in [2.24, 2.45) is 5.73 Å². The van der Waals surface area contributed by atoms with Gasteiger partial charge in [0.2, 0.25) is 15.9 Å². The van der Waals surface area contributed by atoms with E-state index in [1.54, 1.807) is 24.3 Å². The molecule has 0 spiro atoms. The minimum atomic E-state index is -3.30. The molecule has 10 nitrogen and oxygen atoms in total. The summed E-state index contributed by atoms with van der Waals surface area (Å²) in [5, 5.41) is 2.59. The van der Waals surface area contributed by atoms with Crippen LogP contribution in [0.1, 0.15) is 37.4 Å². The van der Waals surface area contributed by atoms with Crippen molar-refractivity contribution in [1.82, 2.24) is 14.9 Å². The molecule has 1 aliphatic heterocycles. The first-order valence-electron chi connectivity index (χ1n) is 9.52. The molecule has 170 valence electrons. The quantitative estimate of drug-likeness (QED) is 0.354. The third-order valence-electron chi connectivity index (χ3n) is 4.97. The third kappa shape index (κ3) is 5.03. The molecule has 0 aliphatic carbocycles. The van der Waals surface area contributed by atoms with Gasteiger partial charge in [0.1, 0.15) is 5.54 Å². The molecular weight excluding hydrogens is 456 g/mol. The first kappa shape index (κ1) is 23.6. The van der Waals surface area contributed by atoms with Crippen molar-refractivity contribution in [2.45, 2.75) is 18.9 Å². The highest BCUT2D eigenvalue weighted by molar-refractivity contribution is 7.88. The molecule has 3 rings (SSSR count). The van der Waals surface area contributed by atoms with Crippen LogP contribution in [0.25, 0.3) is 0 Å². The Balaban J connectivity index is 1.71. The van der Waals surface area contributed by atoms with Crippen LogP contribution < -0.4 is 15.8 Å². The van der Waals surface area contributed by atoms with Gasteiger partial charge in [-0.2, -0.15) is 0 Å². The van der Waals surface area contributed by atoms with E-state index < -0.39 is 45.7 Å². The maximum Gasteiger partial charge on any atom is 0.325 e. The molecule has 32 heavy (non-hydrogen) atoms. The number of hydrogen-bond donors (Lipinski definition) is 3. The van der Waals surface area contributed by atoms with Crippen LogP contribution in [0.2, 0.25) is 0 Å². The van der Waals surface area contributed by atoms with Gasteiger partial charge in [0.05, 0.1) is 17.7 Å². The highest BCUT2D eigenvalue weighted by Crippen LogP contribution is 2.30. The molecule has 1 aromatic heterocycles. The Morgan fingerprint density at radius 1 is 1.22 bits per heavy atom. The van der Waals surface area contributed by atoms with Gasteiger partial charge in [0.15, 0.2) is 5.78 Å². The molecule has 2 aromatic rings. The summed E-state index contributed by atoms with van der Waals surface area (Å²) in [7, 11) is -3.30. The van der Waals surface area contributed by atoms with E-state index in [9.17, 15) is 27.6 Å². The number of benzene rings is 1. The number of nitrogens with one attached hydrogen (secondary N) is 2.